The molecule has 1 unspecified atom stereocenters. The molecule has 2 rings (SSSR count). The number of hydrogen-bond acceptors (Lipinski definition) is 2. The Labute approximate surface area is 80.5 Å². The van der Waals surface area contributed by atoms with Crippen molar-refractivity contribution < 1.29 is 4.79 Å². The average Bonchev–Trinajstić information content (AvgIpc) is 2.12. The second-order valence-corrected chi connectivity index (χ2v) is 3.38. The molecule has 1 heterocycles. The van der Waals surface area contributed by atoms with Crippen molar-refractivity contribution in [2.24, 2.45) is 16.1 Å². The van der Waals surface area contributed by atoms with Crippen molar-refractivity contribution in [3.05, 3.63) is 34.5 Å². The average molecular weight is 195 g/mol. The molecule has 0 aromatic heterocycles. The first-order valence-electron chi connectivity index (χ1n) is 3.90. The van der Waals surface area contributed by atoms with Gasteiger partial charge in [-0.25, -0.2) is 0 Å². The van der Waals surface area contributed by atoms with Crippen molar-refractivity contribution in [3.8, 4) is 0 Å². The monoisotopic (exact) mass is 194 g/mol. The Morgan fingerprint density at radius 3 is 3.00 bits per heavy atom. The summed E-state index contributed by atoms with van der Waals surface area (Å²) in [6.45, 7) is 1.82. The van der Waals surface area contributed by atoms with Crippen molar-refractivity contribution >= 4 is 17.5 Å². The SMILES string of the molecule is CC1=C2C=C(Cl)C=CC2C(=O)N=N1. The summed E-state index contributed by atoms with van der Waals surface area (Å²) in [7, 11) is 0. The van der Waals surface area contributed by atoms with Gasteiger partial charge in [0.15, 0.2) is 0 Å². The number of carbonyl (C=O) groups is 1. The number of rotatable bonds is 0. The van der Waals surface area contributed by atoms with Crippen LogP contribution in [-0.2, 0) is 4.79 Å². The lowest BCUT2D eigenvalue weighted by atomic mass is 9.92. The molecule has 0 fully saturated rings. The predicted octanol–water partition coefficient (Wildman–Crippen LogP) is 2.56. The molecule has 0 radical (unpaired) electrons. The molecule has 0 aromatic carbocycles. The van der Waals surface area contributed by atoms with Crippen LogP contribution in [0.3, 0.4) is 0 Å². The van der Waals surface area contributed by atoms with E-state index in [2.05, 4.69) is 10.2 Å². The van der Waals surface area contributed by atoms with Crippen molar-refractivity contribution in [2.75, 3.05) is 0 Å². The lowest BCUT2D eigenvalue weighted by Gasteiger charge is -2.18. The lowest BCUT2D eigenvalue weighted by Crippen LogP contribution is -2.17. The Hall–Kier alpha value is -1.22. The maximum atomic E-state index is 11.3. The van der Waals surface area contributed by atoms with Crippen LogP contribution in [0.2, 0.25) is 0 Å². The maximum Gasteiger partial charge on any atom is 0.275 e. The van der Waals surface area contributed by atoms with Crippen molar-refractivity contribution in [3.63, 3.8) is 0 Å². The number of nitrogens with zero attached hydrogens (tertiary/aromatic N) is 2. The summed E-state index contributed by atoms with van der Waals surface area (Å²) in [6, 6.07) is 0. The number of hydrogen-bond donors (Lipinski definition) is 0. The minimum absolute atomic E-state index is 0.225. The zero-order valence-electron chi connectivity index (χ0n) is 6.99. The fourth-order valence-corrected chi connectivity index (χ4v) is 1.56. The third kappa shape index (κ3) is 1.35. The molecule has 13 heavy (non-hydrogen) atoms. The number of azo groups is 1. The quantitative estimate of drug-likeness (QED) is 0.584. The van der Waals surface area contributed by atoms with Gasteiger partial charge in [0.05, 0.1) is 11.6 Å². The smallest absolute Gasteiger partial charge is 0.270 e. The zero-order chi connectivity index (χ0) is 9.42. The van der Waals surface area contributed by atoms with Crippen LogP contribution in [0.25, 0.3) is 0 Å². The minimum atomic E-state index is -0.278. The van der Waals surface area contributed by atoms with E-state index < -0.39 is 0 Å². The molecule has 4 heteroatoms. The fraction of sp³-hybridized carbons (Fsp3) is 0.222. The Morgan fingerprint density at radius 1 is 1.46 bits per heavy atom. The molecule has 0 saturated carbocycles. The maximum absolute atomic E-state index is 11.3. The first kappa shape index (κ1) is 8.38. The summed E-state index contributed by atoms with van der Waals surface area (Å²) in [6.07, 6.45) is 5.22. The van der Waals surface area contributed by atoms with Gasteiger partial charge in [-0.1, -0.05) is 17.7 Å². The molecule has 1 atom stereocenters. The van der Waals surface area contributed by atoms with E-state index >= 15 is 0 Å². The van der Waals surface area contributed by atoms with Gasteiger partial charge in [-0.15, -0.1) is 5.11 Å². The van der Waals surface area contributed by atoms with E-state index in [1.54, 1.807) is 18.2 Å². The number of amides is 1. The third-order valence-electron chi connectivity index (χ3n) is 2.06. The second-order valence-electron chi connectivity index (χ2n) is 2.94. The zero-order valence-corrected chi connectivity index (χ0v) is 7.75. The molecule has 1 aliphatic heterocycles. The molecule has 3 nitrogen and oxygen atoms in total. The third-order valence-corrected chi connectivity index (χ3v) is 2.29. The fourth-order valence-electron chi connectivity index (χ4n) is 1.37. The van der Waals surface area contributed by atoms with Crippen LogP contribution < -0.4 is 0 Å². The Kier molecular flexibility index (Phi) is 1.88. The Bertz CT molecular complexity index is 390. The van der Waals surface area contributed by atoms with Gasteiger partial charge in [0.25, 0.3) is 5.91 Å². The van der Waals surface area contributed by atoms with E-state index in [1.807, 2.05) is 6.92 Å². The Morgan fingerprint density at radius 2 is 2.23 bits per heavy atom. The summed E-state index contributed by atoms with van der Waals surface area (Å²) in [4.78, 5) is 11.3. The molecule has 0 aromatic rings. The minimum Gasteiger partial charge on any atom is -0.270 e. The van der Waals surface area contributed by atoms with Crippen LogP contribution >= 0.6 is 11.6 Å². The van der Waals surface area contributed by atoms with E-state index in [9.17, 15) is 4.79 Å². The van der Waals surface area contributed by atoms with E-state index in [1.165, 1.54) is 0 Å². The molecular weight excluding hydrogens is 188 g/mol. The van der Waals surface area contributed by atoms with Gasteiger partial charge < -0.3 is 0 Å². The molecule has 66 valence electrons. The summed E-state index contributed by atoms with van der Waals surface area (Å²) >= 11 is 5.81. The summed E-state index contributed by atoms with van der Waals surface area (Å²) in [5, 5.41) is 7.89. The van der Waals surface area contributed by atoms with Gasteiger partial charge in [0, 0.05) is 5.03 Å². The summed E-state index contributed by atoms with van der Waals surface area (Å²) < 4.78 is 0. The number of carbonyl (C=O) groups excluding carboxylic acids is 1. The Balaban J connectivity index is 2.52. The predicted molar refractivity (Wildman–Crippen MR) is 49.1 cm³/mol. The lowest BCUT2D eigenvalue weighted by molar-refractivity contribution is -0.120. The molecule has 1 aliphatic carbocycles. The van der Waals surface area contributed by atoms with Crippen molar-refractivity contribution in [1.29, 1.82) is 0 Å². The van der Waals surface area contributed by atoms with Crippen molar-refractivity contribution in [1.82, 2.24) is 0 Å². The number of fused-ring (bicyclic) bond motifs is 1. The topological polar surface area (TPSA) is 41.8 Å². The molecule has 2 aliphatic rings. The molecular formula is C9H7ClN2O. The van der Waals surface area contributed by atoms with Crippen LogP contribution in [0.15, 0.2) is 44.8 Å². The van der Waals surface area contributed by atoms with Gasteiger partial charge >= 0.3 is 0 Å². The van der Waals surface area contributed by atoms with E-state index in [4.69, 9.17) is 11.6 Å². The van der Waals surface area contributed by atoms with Gasteiger partial charge in [-0.2, -0.15) is 5.11 Å². The number of allylic oxidation sites excluding steroid dienone is 4. The van der Waals surface area contributed by atoms with Crippen LogP contribution in [0.4, 0.5) is 0 Å². The highest BCUT2D eigenvalue weighted by Gasteiger charge is 2.26. The summed E-state index contributed by atoms with van der Waals surface area (Å²) in [5.74, 6) is -0.503. The van der Waals surface area contributed by atoms with Crippen LogP contribution in [0, 0.1) is 5.92 Å². The highest BCUT2D eigenvalue weighted by atomic mass is 35.5. The van der Waals surface area contributed by atoms with E-state index in [0.29, 0.717) is 5.03 Å². The van der Waals surface area contributed by atoms with Gasteiger partial charge in [0.2, 0.25) is 0 Å². The van der Waals surface area contributed by atoms with E-state index in [0.717, 1.165) is 11.3 Å². The van der Waals surface area contributed by atoms with Crippen molar-refractivity contribution in [2.45, 2.75) is 6.92 Å². The normalized spacial score (nSPS) is 26.2. The van der Waals surface area contributed by atoms with Crippen LogP contribution in [-0.4, -0.2) is 5.91 Å². The largest absolute Gasteiger partial charge is 0.275 e. The first-order valence-corrected chi connectivity index (χ1v) is 4.28. The van der Waals surface area contributed by atoms with Gasteiger partial charge in [-0.05, 0) is 24.6 Å². The van der Waals surface area contributed by atoms with Crippen LogP contribution in [0.1, 0.15) is 6.92 Å². The molecule has 0 bridgehead atoms. The highest BCUT2D eigenvalue weighted by molar-refractivity contribution is 6.31. The summed E-state index contributed by atoms with van der Waals surface area (Å²) in [5.41, 5.74) is 1.61. The second kappa shape index (κ2) is 2.92. The first-order chi connectivity index (χ1) is 6.18. The standard InChI is InChI=1S/C9H7ClN2O/c1-5-8-4-6(10)2-3-7(8)9(13)12-11-5/h2-4,7H,1H3. The molecule has 1 amide bonds. The highest BCUT2D eigenvalue weighted by Crippen LogP contribution is 2.31. The number of halogens is 1. The molecule has 0 saturated heterocycles. The van der Waals surface area contributed by atoms with Gasteiger partial charge in [-0.3, -0.25) is 4.79 Å². The molecule has 0 spiro atoms. The van der Waals surface area contributed by atoms with Crippen LogP contribution in [0.5, 0.6) is 0 Å². The molecule has 0 N–H and O–H groups in total. The van der Waals surface area contributed by atoms with E-state index in [-0.39, 0.29) is 11.8 Å². The van der Waals surface area contributed by atoms with Gasteiger partial charge in [0.1, 0.15) is 0 Å².